The van der Waals surface area contributed by atoms with Crippen molar-refractivity contribution in [3.8, 4) is 6.07 Å². The summed E-state index contributed by atoms with van der Waals surface area (Å²) in [7, 11) is 1.56. The Labute approximate surface area is 135 Å². The minimum atomic E-state index is -4.50. The molecule has 1 amide bonds. The molecule has 0 saturated carbocycles. The average Bonchev–Trinajstić information content (AvgIpc) is 3.16. The van der Waals surface area contributed by atoms with E-state index in [1.807, 2.05) is 6.07 Å². The van der Waals surface area contributed by atoms with Crippen molar-refractivity contribution in [2.45, 2.75) is 38.1 Å². The molecule has 4 unspecified atom stereocenters. The van der Waals surface area contributed by atoms with Crippen molar-refractivity contribution >= 4 is 11.7 Å². The van der Waals surface area contributed by atoms with Crippen LogP contribution in [0.5, 0.6) is 0 Å². The summed E-state index contributed by atoms with van der Waals surface area (Å²) in [5, 5.41) is 13.1. The number of alkyl halides is 3. The van der Waals surface area contributed by atoms with E-state index in [1.54, 1.807) is 14.0 Å². The van der Waals surface area contributed by atoms with Gasteiger partial charge in [-0.1, -0.05) is 0 Å². The summed E-state index contributed by atoms with van der Waals surface area (Å²) in [5.74, 6) is -3.68. The van der Waals surface area contributed by atoms with Gasteiger partial charge in [-0.25, -0.2) is 0 Å². The Morgan fingerprint density at radius 3 is 2.71 bits per heavy atom. The van der Waals surface area contributed by atoms with Crippen molar-refractivity contribution < 1.29 is 22.7 Å². The van der Waals surface area contributed by atoms with Crippen molar-refractivity contribution in [1.82, 2.24) is 15.2 Å². The van der Waals surface area contributed by atoms with E-state index in [4.69, 9.17) is 10.00 Å². The van der Waals surface area contributed by atoms with Crippen LogP contribution in [0.15, 0.2) is 0 Å². The Bertz CT molecular complexity index is 708. The van der Waals surface area contributed by atoms with E-state index < -0.39 is 36.1 Å². The Hall–Kier alpha value is -2.28. The average molecular weight is 343 g/mol. The maximum absolute atomic E-state index is 13.2. The molecule has 4 atom stereocenters. The van der Waals surface area contributed by atoms with Gasteiger partial charge in [-0.3, -0.25) is 20.3 Å². The molecule has 130 valence electrons. The number of carbonyl (C=O) groups excluding carboxylic acids is 1. The third-order valence-electron chi connectivity index (χ3n) is 4.59. The molecule has 2 fully saturated rings. The zero-order chi connectivity index (χ0) is 17.6. The van der Waals surface area contributed by atoms with Gasteiger partial charge in [-0.2, -0.15) is 23.5 Å². The molecule has 2 N–H and O–H groups in total. The third kappa shape index (κ3) is 2.58. The zero-order valence-electron chi connectivity index (χ0n) is 13.0. The van der Waals surface area contributed by atoms with Gasteiger partial charge in [-0.05, 0) is 19.8 Å². The summed E-state index contributed by atoms with van der Waals surface area (Å²) in [4.78, 5) is 12.3. The first-order chi connectivity index (χ1) is 11.2. The highest BCUT2D eigenvalue weighted by Crippen LogP contribution is 2.50. The van der Waals surface area contributed by atoms with Crippen LogP contribution in [0.3, 0.4) is 0 Å². The second-order valence-corrected chi connectivity index (χ2v) is 6.04. The number of rotatable bonds is 3. The van der Waals surface area contributed by atoms with Gasteiger partial charge >= 0.3 is 6.18 Å². The molecule has 0 aliphatic carbocycles. The number of nitriles is 1. The smallest absolute Gasteiger partial charge is 0.373 e. The fourth-order valence-electron chi connectivity index (χ4n) is 3.57. The number of hydrogen-bond donors (Lipinski definition) is 2. The fourth-order valence-corrected chi connectivity index (χ4v) is 3.57. The van der Waals surface area contributed by atoms with Gasteiger partial charge in [-0.15, -0.1) is 0 Å². The second-order valence-electron chi connectivity index (χ2n) is 6.04. The van der Waals surface area contributed by atoms with Crippen molar-refractivity contribution in [3.63, 3.8) is 0 Å². The summed E-state index contributed by atoms with van der Waals surface area (Å²) >= 11 is 0. The molecule has 7 nitrogen and oxygen atoms in total. The number of carbonyl (C=O) groups is 1. The normalized spacial score (nSPS) is 28.7. The monoisotopic (exact) mass is 343 g/mol. The van der Waals surface area contributed by atoms with E-state index in [-0.39, 0.29) is 11.4 Å². The van der Waals surface area contributed by atoms with Crippen molar-refractivity contribution in [2.24, 2.45) is 18.9 Å². The van der Waals surface area contributed by atoms with Gasteiger partial charge in [0.2, 0.25) is 5.91 Å². The number of hydrazine groups is 1. The highest BCUT2D eigenvalue weighted by atomic mass is 19.4. The lowest BCUT2D eigenvalue weighted by molar-refractivity contribution is -0.197. The standard InChI is InChI=1S/C14H16F3N5O2/c1-6-7(5-18)12(22(2)21-6)19-20-13(23)10-8-3-4-9(24-8)11(10)14(15,16)17/h8-11,19H,3-4H2,1-2H3,(H,20,23). The van der Waals surface area contributed by atoms with E-state index in [1.165, 1.54) is 4.68 Å². The summed E-state index contributed by atoms with van der Waals surface area (Å²) in [6.45, 7) is 1.62. The highest BCUT2D eigenvalue weighted by Gasteiger charge is 2.62. The number of nitrogens with one attached hydrogen (secondary N) is 2. The van der Waals surface area contributed by atoms with E-state index >= 15 is 0 Å². The van der Waals surface area contributed by atoms with E-state index in [0.29, 0.717) is 18.5 Å². The lowest BCUT2D eigenvalue weighted by atomic mass is 9.78. The number of anilines is 1. The maximum atomic E-state index is 13.2. The number of fused-ring (bicyclic) bond motifs is 2. The Kier molecular flexibility index (Phi) is 3.91. The predicted octanol–water partition coefficient (Wildman–Crippen LogP) is 1.40. The summed E-state index contributed by atoms with van der Waals surface area (Å²) < 4.78 is 46.4. The molecule has 3 rings (SSSR count). The molecule has 2 saturated heterocycles. The van der Waals surface area contributed by atoms with Crippen LogP contribution in [-0.2, 0) is 16.6 Å². The predicted molar refractivity (Wildman–Crippen MR) is 75.4 cm³/mol. The van der Waals surface area contributed by atoms with Crippen molar-refractivity contribution in [2.75, 3.05) is 5.43 Å². The van der Waals surface area contributed by atoms with E-state index in [2.05, 4.69) is 16.0 Å². The number of aryl methyl sites for hydroxylation is 2. The molecule has 1 aromatic heterocycles. The molecule has 1 aromatic rings. The van der Waals surface area contributed by atoms with Crippen LogP contribution in [0.2, 0.25) is 0 Å². The van der Waals surface area contributed by atoms with Gasteiger partial charge in [0.05, 0.1) is 29.7 Å². The SMILES string of the molecule is Cc1nn(C)c(NNC(=O)C2C3CCC(O3)C2C(F)(F)F)c1C#N. The van der Waals surface area contributed by atoms with Crippen LogP contribution < -0.4 is 10.9 Å². The quantitative estimate of drug-likeness (QED) is 0.810. The summed E-state index contributed by atoms with van der Waals surface area (Å²) in [6.07, 6.45) is -5.44. The first kappa shape index (κ1) is 16.6. The van der Waals surface area contributed by atoms with Gasteiger partial charge in [0.15, 0.2) is 5.82 Å². The van der Waals surface area contributed by atoms with Gasteiger partial charge in [0, 0.05) is 7.05 Å². The van der Waals surface area contributed by atoms with E-state index in [9.17, 15) is 18.0 Å². The van der Waals surface area contributed by atoms with Gasteiger partial charge in [0.1, 0.15) is 11.6 Å². The molecule has 24 heavy (non-hydrogen) atoms. The second kappa shape index (κ2) is 5.66. The lowest BCUT2D eigenvalue weighted by Crippen LogP contribution is -2.48. The Morgan fingerprint density at radius 1 is 1.42 bits per heavy atom. The van der Waals surface area contributed by atoms with E-state index in [0.717, 1.165) is 0 Å². The largest absolute Gasteiger partial charge is 0.395 e. The van der Waals surface area contributed by atoms with Crippen molar-refractivity contribution in [1.29, 1.82) is 5.26 Å². The molecule has 2 bridgehead atoms. The highest BCUT2D eigenvalue weighted by molar-refractivity contribution is 5.81. The van der Waals surface area contributed by atoms with Gasteiger partial charge < -0.3 is 4.74 Å². The van der Waals surface area contributed by atoms with Crippen LogP contribution >= 0.6 is 0 Å². The van der Waals surface area contributed by atoms with Crippen LogP contribution in [0.1, 0.15) is 24.1 Å². The summed E-state index contributed by atoms with van der Waals surface area (Å²) in [5.41, 5.74) is 5.46. The fraction of sp³-hybridized carbons (Fsp3) is 0.643. The number of nitrogens with zero attached hydrogens (tertiary/aromatic N) is 3. The van der Waals surface area contributed by atoms with Gasteiger partial charge in [0.25, 0.3) is 0 Å². The third-order valence-corrected chi connectivity index (χ3v) is 4.59. The molecule has 0 spiro atoms. The lowest BCUT2D eigenvalue weighted by Gasteiger charge is -2.28. The topological polar surface area (TPSA) is 92.0 Å². The van der Waals surface area contributed by atoms with Crippen LogP contribution in [0, 0.1) is 30.1 Å². The Balaban J connectivity index is 1.75. The molecular formula is C14H16F3N5O2. The zero-order valence-corrected chi connectivity index (χ0v) is 13.0. The van der Waals surface area contributed by atoms with Crippen LogP contribution in [-0.4, -0.2) is 34.1 Å². The summed E-state index contributed by atoms with van der Waals surface area (Å²) in [6, 6.07) is 1.94. The molecule has 0 aromatic carbocycles. The van der Waals surface area contributed by atoms with Crippen molar-refractivity contribution in [3.05, 3.63) is 11.3 Å². The van der Waals surface area contributed by atoms with Crippen LogP contribution in [0.25, 0.3) is 0 Å². The Morgan fingerprint density at radius 2 is 2.08 bits per heavy atom. The minimum absolute atomic E-state index is 0.217. The molecular weight excluding hydrogens is 327 g/mol. The number of hydrogen-bond acceptors (Lipinski definition) is 5. The van der Waals surface area contributed by atoms with Crippen LogP contribution in [0.4, 0.5) is 19.0 Å². The number of halogens is 3. The molecule has 2 aliphatic rings. The minimum Gasteiger partial charge on any atom is -0.373 e. The number of ether oxygens (including phenoxy) is 1. The molecule has 3 heterocycles. The molecule has 10 heteroatoms. The first-order valence-corrected chi connectivity index (χ1v) is 7.45. The first-order valence-electron chi connectivity index (χ1n) is 7.45. The molecule has 2 aliphatic heterocycles. The number of aromatic nitrogens is 2. The number of amides is 1. The maximum Gasteiger partial charge on any atom is 0.395 e. The molecule has 0 radical (unpaired) electrons.